The highest BCUT2D eigenvalue weighted by atomic mass is 35.5. The highest BCUT2D eigenvalue weighted by Crippen LogP contribution is 2.29. The van der Waals surface area contributed by atoms with Gasteiger partial charge in [-0.25, -0.2) is 0 Å². The second-order valence-electron chi connectivity index (χ2n) is 5.96. The molecule has 0 radical (unpaired) electrons. The van der Waals surface area contributed by atoms with Crippen LogP contribution in [-0.2, 0) is 4.74 Å². The molecule has 0 amide bonds. The second-order valence-corrected chi connectivity index (χ2v) is 6.37. The van der Waals surface area contributed by atoms with Crippen molar-refractivity contribution in [3.05, 3.63) is 34.9 Å². The third-order valence-electron chi connectivity index (χ3n) is 3.98. The van der Waals surface area contributed by atoms with E-state index in [-0.39, 0.29) is 6.04 Å². The molecule has 112 valence electrons. The fourth-order valence-corrected chi connectivity index (χ4v) is 2.91. The first-order valence-corrected chi connectivity index (χ1v) is 7.67. The topological polar surface area (TPSA) is 41.5 Å². The van der Waals surface area contributed by atoms with Gasteiger partial charge in [-0.05, 0) is 17.5 Å². The average Bonchev–Trinajstić information content (AvgIpc) is 2.41. The van der Waals surface area contributed by atoms with Crippen molar-refractivity contribution in [1.82, 2.24) is 5.32 Å². The highest BCUT2D eigenvalue weighted by molar-refractivity contribution is 6.31. The maximum atomic E-state index is 10.5. The molecule has 0 saturated carbocycles. The van der Waals surface area contributed by atoms with Gasteiger partial charge in [-0.15, -0.1) is 0 Å². The molecule has 0 bridgehead atoms. The van der Waals surface area contributed by atoms with E-state index in [1.807, 2.05) is 24.3 Å². The fourth-order valence-electron chi connectivity index (χ4n) is 2.66. The molecule has 2 N–H and O–H groups in total. The Morgan fingerprint density at radius 2 is 1.95 bits per heavy atom. The summed E-state index contributed by atoms with van der Waals surface area (Å²) >= 11 is 6.30. The van der Waals surface area contributed by atoms with Crippen LogP contribution in [0.1, 0.15) is 38.3 Å². The van der Waals surface area contributed by atoms with Crippen molar-refractivity contribution >= 4 is 11.6 Å². The Morgan fingerprint density at radius 1 is 1.30 bits per heavy atom. The van der Waals surface area contributed by atoms with Crippen LogP contribution in [0.3, 0.4) is 0 Å². The lowest BCUT2D eigenvalue weighted by Gasteiger charge is -2.35. The zero-order chi connectivity index (χ0) is 14.6. The Labute approximate surface area is 126 Å². The number of nitrogens with one attached hydrogen (secondary N) is 1. The molecular weight excluding hydrogens is 274 g/mol. The number of hydrogen-bond donors (Lipinski definition) is 2. The lowest BCUT2D eigenvalue weighted by molar-refractivity contribution is -0.0633. The number of rotatable bonds is 5. The van der Waals surface area contributed by atoms with Crippen LogP contribution in [0.2, 0.25) is 5.02 Å². The van der Waals surface area contributed by atoms with E-state index >= 15 is 0 Å². The summed E-state index contributed by atoms with van der Waals surface area (Å²) in [4.78, 5) is 0. The summed E-state index contributed by atoms with van der Waals surface area (Å²) in [5, 5.41) is 14.8. The van der Waals surface area contributed by atoms with Gasteiger partial charge in [-0.1, -0.05) is 43.6 Å². The molecule has 1 aromatic carbocycles. The van der Waals surface area contributed by atoms with E-state index in [2.05, 4.69) is 19.2 Å². The Hall–Kier alpha value is -0.610. The van der Waals surface area contributed by atoms with Crippen LogP contribution < -0.4 is 5.32 Å². The smallest absolute Gasteiger partial charge is 0.0815 e. The monoisotopic (exact) mass is 297 g/mol. The van der Waals surface area contributed by atoms with Crippen LogP contribution in [0.4, 0.5) is 0 Å². The Balaban J connectivity index is 2.05. The molecule has 1 unspecified atom stereocenters. The van der Waals surface area contributed by atoms with Crippen LogP contribution in [-0.4, -0.2) is 30.5 Å². The maximum Gasteiger partial charge on any atom is 0.0815 e. The van der Waals surface area contributed by atoms with Crippen molar-refractivity contribution < 1.29 is 9.84 Å². The minimum atomic E-state index is -0.660. The Morgan fingerprint density at radius 3 is 2.55 bits per heavy atom. The van der Waals surface area contributed by atoms with Crippen LogP contribution in [0.25, 0.3) is 0 Å². The molecule has 0 aromatic heterocycles. The van der Waals surface area contributed by atoms with E-state index in [0.717, 1.165) is 10.6 Å². The van der Waals surface area contributed by atoms with Crippen molar-refractivity contribution in [2.45, 2.75) is 38.3 Å². The van der Waals surface area contributed by atoms with Crippen molar-refractivity contribution in [3.63, 3.8) is 0 Å². The Kier molecular flexibility index (Phi) is 5.44. The molecule has 1 atom stereocenters. The summed E-state index contributed by atoms with van der Waals surface area (Å²) in [5.41, 5.74) is 0.437. The summed E-state index contributed by atoms with van der Waals surface area (Å²) < 4.78 is 5.31. The summed E-state index contributed by atoms with van der Waals surface area (Å²) in [6.45, 7) is 6.17. The molecular formula is C16H24ClNO2. The van der Waals surface area contributed by atoms with Crippen LogP contribution in [0.5, 0.6) is 0 Å². The second kappa shape index (κ2) is 6.90. The predicted molar refractivity (Wildman–Crippen MR) is 82.0 cm³/mol. The number of benzene rings is 1. The minimum Gasteiger partial charge on any atom is -0.388 e. The number of ether oxygens (including phenoxy) is 1. The van der Waals surface area contributed by atoms with Crippen LogP contribution in [0, 0.1) is 5.92 Å². The van der Waals surface area contributed by atoms with E-state index in [4.69, 9.17) is 16.3 Å². The summed E-state index contributed by atoms with van der Waals surface area (Å²) in [6, 6.07) is 8.05. The van der Waals surface area contributed by atoms with Crippen molar-refractivity contribution in [2.75, 3.05) is 19.8 Å². The zero-order valence-corrected chi connectivity index (χ0v) is 13.0. The van der Waals surface area contributed by atoms with E-state index in [0.29, 0.717) is 38.5 Å². The summed E-state index contributed by atoms with van der Waals surface area (Å²) in [6.07, 6.45) is 1.38. The van der Waals surface area contributed by atoms with Gasteiger partial charge in [0.1, 0.15) is 0 Å². The van der Waals surface area contributed by atoms with E-state index < -0.39 is 5.60 Å². The molecule has 2 rings (SSSR count). The first-order valence-electron chi connectivity index (χ1n) is 7.30. The Bertz CT molecular complexity index is 430. The molecule has 3 nitrogen and oxygen atoms in total. The minimum absolute atomic E-state index is 0.149. The van der Waals surface area contributed by atoms with Gasteiger partial charge in [0.15, 0.2) is 0 Å². The molecule has 1 heterocycles. The van der Waals surface area contributed by atoms with Crippen molar-refractivity contribution in [2.24, 2.45) is 5.92 Å². The molecule has 1 fully saturated rings. The molecule has 0 spiro atoms. The molecule has 1 aromatic rings. The normalized spacial score (nSPS) is 20.1. The van der Waals surface area contributed by atoms with E-state index in [9.17, 15) is 5.11 Å². The molecule has 4 heteroatoms. The standard InChI is InChI=1S/C16H24ClNO2/c1-12(2)15(13-5-3-4-6-14(13)17)18-11-16(19)7-9-20-10-8-16/h3-6,12,15,18-19H,7-11H2,1-2H3. The van der Waals surface area contributed by atoms with Gasteiger partial charge in [0, 0.05) is 43.7 Å². The third kappa shape index (κ3) is 3.95. The van der Waals surface area contributed by atoms with Gasteiger partial charge >= 0.3 is 0 Å². The van der Waals surface area contributed by atoms with E-state index in [1.54, 1.807) is 0 Å². The van der Waals surface area contributed by atoms with Crippen molar-refractivity contribution in [3.8, 4) is 0 Å². The van der Waals surface area contributed by atoms with Gasteiger partial charge in [-0.2, -0.15) is 0 Å². The lowest BCUT2D eigenvalue weighted by atomic mass is 9.91. The molecule has 1 aliphatic rings. The molecule has 0 aliphatic carbocycles. The third-order valence-corrected chi connectivity index (χ3v) is 4.33. The first-order chi connectivity index (χ1) is 9.52. The van der Waals surface area contributed by atoms with Crippen molar-refractivity contribution in [1.29, 1.82) is 0 Å². The SMILES string of the molecule is CC(C)C(NCC1(O)CCOCC1)c1ccccc1Cl. The largest absolute Gasteiger partial charge is 0.388 e. The molecule has 20 heavy (non-hydrogen) atoms. The first kappa shape index (κ1) is 15.8. The number of hydrogen-bond acceptors (Lipinski definition) is 3. The van der Waals surface area contributed by atoms with E-state index in [1.165, 1.54) is 0 Å². The quantitative estimate of drug-likeness (QED) is 0.877. The van der Waals surface area contributed by atoms with Gasteiger partial charge in [0.2, 0.25) is 0 Å². The van der Waals surface area contributed by atoms with Gasteiger partial charge in [-0.3, -0.25) is 0 Å². The maximum absolute atomic E-state index is 10.5. The zero-order valence-electron chi connectivity index (χ0n) is 12.2. The van der Waals surface area contributed by atoms with Crippen LogP contribution in [0.15, 0.2) is 24.3 Å². The van der Waals surface area contributed by atoms with Gasteiger partial charge < -0.3 is 15.2 Å². The highest BCUT2D eigenvalue weighted by Gasteiger charge is 2.31. The molecule has 1 saturated heterocycles. The summed E-state index contributed by atoms with van der Waals surface area (Å²) in [5.74, 6) is 0.401. The average molecular weight is 298 g/mol. The van der Waals surface area contributed by atoms with Gasteiger partial charge in [0.05, 0.1) is 5.60 Å². The lowest BCUT2D eigenvalue weighted by Crippen LogP contribution is -2.46. The van der Waals surface area contributed by atoms with Gasteiger partial charge in [0.25, 0.3) is 0 Å². The number of aliphatic hydroxyl groups is 1. The number of halogens is 1. The molecule has 1 aliphatic heterocycles. The van der Waals surface area contributed by atoms with Crippen LogP contribution >= 0.6 is 11.6 Å². The summed E-state index contributed by atoms with van der Waals surface area (Å²) in [7, 11) is 0. The predicted octanol–water partition coefficient (Wildman–Crippen LogP) is 3.17. The fraction of sp³-hybridized carbons (Fsp3) is 0.625.